The van der Waals surface area contributed by atoms with E-state index in [0.717, 1.165) is 10.6 Å². The molecule has 4 rings (SSSR count). The molecular formula is C25H21FN4O4. The molecule has 3 N–H and O–H groups in total. The standard InChI is InChI=1S/C25H21FN4O4/c1-15-7-8-16(13-20(15)26)22(31)27-11-12-28-23(32)17-9-10-19-21(14-17)29-25(34)30(24(19)33)18-5-3-2-4-6-18/h2-10,13-14H,11-12H2,1H3,(H,27,31)(H,28,32)(H,29,34). The monoisotopic (exact) mass is 460 g/mol. The van der Waals surface area contributed by atoms with E-state index in [4.69, 9.17) is 0 Å². The molecule has 0 bridgehead atoms. The number of fused-ring (bicyclic) bond motifs is 1. The zero-order valence-electron chi connectivity index (χ0n) is 18.2. The molecular weight excluding hydrogens is 439 g/mol. The molecule has 0 aliphatic heterocycles. The Bertz CT molecular complexity index is 1510. The average Bonchev–Trinajstić information content (AvgIpc) is 2.83. The quantitative estimate of drug-likeness (QED) is 0.383. The third-order valence-electron chi connectivity index (χ3n) is 5.30. The van der Waals surface area contributed by atoms with Crippen LogP contribution in [0.3, 0.4) is 0 Å². The SMILES string of the molecule is Cc1ccc(C(=O)NCCNC(=O)c2ccc3c(=O)n(-c4ccccc4)c(=O)[nH]c3c2)cc1F. The summed E-state index contributed by atoms with van der Waals surface area (Å²) in [4.78, 5) is 52.6. The molecule has 0 radical (unpaired) electrons. The van der Waals surface area contributed by atoms with E-state index >= 15 is 0 Å². The molecule has 0 saturated carbocycles. The minimum atomic E-state index is -0.614. The number of carbonyl (C=O) groups is 2. The fourth-order valence-electron chi connectivity index (χ4n) is 3.46. The summed E-state index contributed by atoms with van der Waals surface area (Å²) in [5.74, 6) is -1.36. The normalized spacial score (nSPS) is 10.8. The van der Waals surface area contributed by atoms with Gasteiger partial charge in [0, 0.05) is 24.2 Å². The van der Waals surface area contributed by atoms with Crippen molar-refractivity contribution < 1.29 is 14.0 Å². The van der Waals surface area contributed by atoms with Crippen molar-refractivity contribution in [2.75, 3.05) is 13.1 Å². The van der Waals surface area contributed by atoms with Crippen LogP contribution >= 0.6 is 0 Å². The zero-order valence-corrected chi connectivity index (χ0v) is 18.2. The van der Waals surface area contributed by atoms with E-state index in [9.17, 15) is 23.6 Å². The Labute approximate surface area is 193 Å². The number of para-hydroxylation sites is 1. The fraction of sp³-hybridized carbons (Fsp3) is 0.120. The van der Waals surface area contributed by atoms with Gasteiger partial charge < -0.3 is 15.6 Å². The molecule has 172 valence electrons. The van der Waals surface area contributed by atoms with E-state index in [1.165, 1.54) is 30.3 Å². The Morgan fingerprint density at radius 2 is 1.50 bits per heavy atom. The minimum Gasteiger partial charge on any atom is -0.350 e. The average molecular weight is 460 g/mol. The lowest BCUT2D eigenvalue weighted by Crippen LogP contribution is -2.35. The van der Waals surface area contributed by atoms with Crippen molar-refractivity contribution in [3.63, 3.8) is 0 Å². The highest BCUT2D eigenvalue weighted by atomic mass is 19.1. The maximum Gasteiger partial charge on any atom is 0.333 e. The number of aromatic amines is 1. The molecule has 1 aromatic heterocycles. The number of hydrogen-bond acceptors (Lipinski definition) is 4. The van der Waals surface area contributed by atoms with Crippen LogP contribution < -0.4 is 21.9 Å². The Morgan fingerprint density at radius 1 is 0.882 bits per heavy atom. The number of aryl methyl sites for hydroxylation is 1. The minimum absolute atomic E-state index is 0.128. The van der Waals surface area contributed by atoms with Crippen molar-refractivity contribution >= 4 is 22.7 Å². The van der Waals surface area contributed by atoms with Crippen LogP contribution in [-0.4, -0.2) is 34.5 Å². The third kappa shape index (κ3) is 4.63. The van der Waals surface area contributed by atoms with Gasteiger partial charge >= 0.3 is 5.69 Å². The number of aromatic nitrogens is 2. The maximum atomic E-state index is 13.6. The van der Waals surface area contributed by atoms with Gasteiger partial charge in [-0.25, -0.2) is 13.8 Å². The van der Waals surface area contributed by atoms with Crippen LogP contribution in [-0.2, 0) is 0 Å². The van der Waals surface area contributed by atoms with Crippen molar-refractivity contribution in [2.24, 2.45) is 0 Å². The second kappa shape index (κ2) is 9.53. The molecule has 0 aliphatic carbocycles. The number of hydrogen-bond donors (Lipinski definition) is 3. The molecule has 0 fully saturated rings. The zero-order chi connectivity index (χ0) is 24.2. The van der Waals surface area contributed by atoms with Gasteiger partial charge in [0.25, 0.3) is 17.4 Å². The smallest absolute Gasteiger partial charge is 0.333 e. The topological polar surface area (TPSA) is 113 Å². The Balaban J connectivity index is 1.43. The number of H-pyrrole nitrogens is 1. The number of nitrogens with zero attached hydrogens (tertiary/aromatic N) is 1. The summed E-state index contributed by atoms with van der Waals surface area (Å²) in [6, 6.07) is 17.1. The molecule has 8 nitrogen and oxygen atoms in total. The summed E-state index contributed by atoms with van der Waals surface area (Å²) in [6.45, 7) is 1.86. The summed E-state index contributed by atoms with van der Waals surface area (Å²) in [5.41, 5.74) is 0.446. The molecule has 0 unspecified atom stereocenters. The fourth-order valence-corrected chi connectivity index (χ4v) is 3.46. The Morgan fingerprint density at radius 3 is 2.15 bits per heavy atom. The van der Waals surface area contributed by atoms with Gasteiger partial charge in [-0.3, -0.25) is 14.4 Å². The summed E-state index contributed by atoms with van der Waals surface area (Å²) in [7, 11) is 0. The molecule has 34 heavy (non-hydrogen) atoms. The summed E-state index contributed by atoms with van der Waals surface area (Å²) >= 11 is 0. The molecule has 0 spiro atoms. The Hall–Kier alpha value is -4.53. The lowest BCUT2D eigenvalue weighted by atomic mass is 10.1. The summed E-state index contributed by atoms with van der Waals surface area (Å²) in [6.07, 6.45) is 0. The van der Waals surface area contributed by atoms with Gasteiger partial charge in [-0.1, -0.05) is 24.3 Å². The molecule has 0 atom stereocenters. The molecule has 0 aliphatic rings. The lowest BCUT2D eigenvalue weighted by Gasteiger charge is -2.09. The highest BCUT2D eigenvalue weighted by Crippen LogP contribution is 2.11. The third-order valence-corrected chi connectivity index (χ3v) is 5.30. The van der Waals surface area contributed by atoms with Crippen LogP contribution in [0.15, 0.2) is 76.3 Å². The van der Waals surface area contributed by atoms with Gasteiger partial charge in [0.15, 0.2) is 0 Å². The van der Waals surface area contributed by atoms with E-state index in [1.807, 2.05) is 0 Å². The van der Waals surface area contributed by atoms with Crippen LogP contribution in [0.25, 0.3) is 16.6 Å². The van der Waals surface area contributed by atoms with Crippen LogP contribution in [0.1, 0.15) is 26.3 Å². The van der Waals surface area contributed by atoms with E-state index in [1.54, 1.807) is 37.3 Å². The van der Waals surface area contributed by atoms with E-state index in [0.29, 0.717) is 11.3 Å². The first-order valence-corrected chi connectivity index (χ1v) is 10.5. The predicted octanol–water partition coefficient (Wildman–Crippen LogP) is 2.29. The first kappa shape index (κ1) is 22.7. The van der Waals surface area contributed by atoms with Crippen LogP contribution in [0.4, 0.5) is 4.39 Å². The van der Waals surface area contributed by atoms with E-state index in [-0.39, 0.29) is 35.1 Å². The van der Waals surface area contributed by atoms with Crippen LogP contribution in [0.5, 0.6) is 0 Å². The van der Waals surface area contributed by atoms with E-state index in [2.05, 4.69) is 15.6 Å². The second-order valence-corrected chi connectivity index (χ2v) is 7.64. The highest BCUT2D eigenvalue weighted by Gasteiger charge is 2.13. The van der Waals surface area contributed by atoms with Gasteiger partial charge in [-0.05, 0) is 55.0 Å². The number of benzene rings is 3. The molecule has 1 heterocycles. The van der Waals surface area contributed by atoms with Crippen molar-refractivity contribution in [1.82, 2.24) is 20.2 Å². The maximum absolute atomic E-state index is 13.6. The molecule has 0 saturated heterocycles. The van der Waals surface area contributed by atoms with Crippen molar-refractivity contribution in [1.29, 1.82) is 0 Å². The molecule has 3 aromatic carbocycles. The van der Waals surface area contributed by atoms with Gasteiger partial charge in [-0.2, -0.15) is 0 Å². The first-order chi connectivity index (χ1) is 16.3. The molecule has 2 amide bonds. The summed E-state index contributed by atoms with van der Waals surface area (Å²) in [5, 5.41) is 5.52. The first-order valence-electron chi connectivity index (χ1n) is 10.5. The van der Waals surface area contributed by atoms with Gasteiger partial charge in [0.2, 0.25) is 0 Å². The number of carbonyl (C=O) groups excluding carboxylic acids is 2. The number of rotatable bonds is 6. The second-order valence-electron chi connectivity index (χ2n) is 7.64. The largest absolute Gasteiger partial charge is 0.350 e. The van der Waals surface area contributed by atoms with Crippen LogP contribution in [0.2, 0.25) is 0 Å². The van der Waals surface area contributed by atoms with E-state index < -0.39 is 28.9 Å². The van der Waals surface area contributed by atoms with Gasteiger partial charge in [0.05, 0.1) is 16.6 Å². The molecule has 4 aromatic rings. The highest BCUT2D eigenvalue weighted by molar-refractivity contribution is 5.98. The van der Waals surface area contributed by atoms with Gasteiger partial charge in [-0.15, -0.1) is 0 Å². The predicted molar refractivity (Wildman–Crippen MR) is 126 cm³/mol. The number of halogens is 1. The lowest BCUT2D eigenvalue weighted by molar-refractivity contribution is 0.0927. The van der Waals surface area contributed by atoms with Crippen LogP contribution in [0, 0.1) is 12.7 Å². The van der Waals surface area contributed by atoms with Crippen molar-refractivity contribution in [3.05, 3.63) is 110 Å². The number of amides is 2. The Kier molecular flexibility index (Phi) is 6.35. The summed E-state index contributed by atoms with van der Waals surface area (Å²) < 4.78 is 14.6. The van der Waals surface area contributed by atoms with Crippen molar-refractivity contribution in [2.45, 2.75) is 6.92 Å². The van der Waals surface area contributed by atoms with Gasteiger partial charge in [0.1, 0.15) is 5.82 Å². The van der Waals surface area contributed by atoms with Crippen molar-refractivity contribution in [3.8, 4) is 5.69 Å². The number of nitrogens with one attached hydrogen (secondary N) is 3. The molecule has 9 heteroatoms.